The topological polar surface area (TPSA) is 78.5 Å². The van der Waals surface area contributed by atoms with E-state index in [1.54, 1.807) is 49.4 Å². The lowest BCUT2D eigenvalue weighted by atomic mass is 10.1. The Hall–Kier alpha value is -2.57. The summed E-state index contributed by atoms with van der Waals surface area (Å²) in [5, 5.41) is 6.00. The Labute approximate surface area is 173 Å². The molecule has 0 radical (unpaired) electrons. The van der Waals surface area contributed by atoms with Crippen molar-refractivity contribution in [2.75, 3.05) is 18.9 Å². The van der Waals surface area contributed by atoms with Crippen LogP contribution in [0.2, 0.25) is 10.0 Å². The first kappa shape index (κ1) is 21.7. The largest absolute Gasteiger partial charge is 0.349 e. The van der Waals surface area contributed by atoms with Crippen LogP contribution in [-0.2, 0) is 9.59 Å². The Morgan fingerprint density at radius 1 is 1.00 bits per heavy atom. The second kappa shape index (κ2) is 10.1. The number of anilines is 1. The van der Waals surface area contributed by atoms with Crippen LogP contribution < -0.4 is 10.6 Å². The number of carbonyl (C=O) groups is 3. The molecule has 0 unspecified atom stereocenters. The fourth-order valence-corrected chi connectivity index (χ4v) is 2.96. The van der Waals surface area contributed by atoms with E-state index in [4.69, 9.17) is 23.2 Å². The number of hydrogen-bond donors (Lipinski definition) is 2. The number of benzene rings is 2. The van der Waals surface area contributed by atoms with Gasteiger partial charge in [0.25, 0.3) is 5.91 Å². The zero-order valence-electron chi connectivity index (χ0n) is 15.5. The predicted molar refractivity (Wildman–Crippen MR) is 111 cm³/mol. The molecule has 0 saturated heterocycles. The summed E-state index contributed by atoms with van der Waals surface area (Å²) in [6.07, 6.45) is 0.0647. The van der Waals surface area contributed by atoms with Crippen LogP contribution in [0.15, 0.2) is 48.5 Å². The molecule has 0 aromatic heterocycles. The van der Waals surface area contributed by atoms with Gasteiger partial charge in [0.15, 0.2) is 0 Å². The second-order valence-electron chi connectivity index (χ2n) is 6.34. The first-order valence-electron chi connectivity index (χ1n) is 8.61. The lowest BCUT2D eigenvalue weighted by Crippen LogP contribution is -2.40. The van der Waals surface area contributed by atoms with Gasteiger partial charge in [0.2, 0.25) is 11.8 Å². The van der Waals surface area contributed by atoms with E-state index in [1.165, 1.54) is 11.9 Å². The maximum atomic E-state index is 12.3. The van der Waals surface area contributed by atoms with Crippen LogP contribution in [0, 0.1) is 0 Å². The van der Waals surface area contributed by atoms with Crippen LogP contribution in [0.1, 0.15) is 23.7 Å². The molecule has 1 atom stereocenters. The molecule has 2 N–H and O–H groups in total. The summed E-state index contributed by atoms with van der Waals surface area (Å²) in [7, 11) is 1.52. The van der Waals surface area contributed by atoms with E-state index in [0.717, 1.165) is 0 Å². The summed E-state index contributed by atoms with van der Waals surface area (Å²) in [5.74, 6) is -0.956. The minimum Gasteiger partial charge on any atom is -0.349 e. The minimum atomic E-state index is -0.424. The highest BCUT2D eigenvalue weighted by atomic mass is 35.5. The molecule has 0 fully saturated rings. The number of halogens is 2. The Morgan fingerprint density at radius 2 is 1.61 bits per heavy atom. The molecule has 0 aliphatic rings. The molecule has 148 valence electrons. The third-order valence-corrected chi connectivity index (χ3v) is 4.56. The van der Waals surface area contributed by atoms with Crippen molar-refractivity contribution in [3.63, 3.8) is 0 Å². The van der Waals surface area contributed by atoms with E-state index >= 15 is 0 Å². The Kier molecular flexibility index (Phi) is 7.84. The monoisotopic (exact) mass is 421 g/mol. The number of hydrogen-bond acceptors (Lipinski definition) is 3. The SMILES string of the molecule is C[C@@H](CC(=O)N(C)CC(=O)Nc1c(Cl)cccc1Cl)NC(=O)c1ccccc1. The van der Waals surface area contributed by atoms with Crippen molar-refractivity contribution in [1.82, 2.24) is 10.2 Å². The molecule has 0 bridgehead atoms. The predicted octanol–water partition coefficient (Wildman–Crippen LogP) is 3.60. The Bertz CT molecular complexity index is 839. The summed E-state index contributed by atoms with van der Waals surface area (Å²) in [6.45, 7) is 1.57. The summed E-state index contributed by atoms with van der Waals surface area (Å²) < 4.78 is 0. The van der Waals surface area contributed by atoms with Crippen LogP contribution in [0.4, 0.5) is 5.69 Å². The standard InChI is InChI=1S/C20H21Cl2N3O3/c1-13(23-20(28)14-7-4-3-5-8-14)11-18(27)25(2)12-17(26)24-19-15(21)9-6-10-16(19)22/h3-10,13H,11-12H2,1-2H3,(H,23,28)(H,24,26)/t13-/m0/s1. The lowest BCUT2D eigenvalue weighted by molar-refractivity contribution is -0.133. The zero-order chi connectivity index (χ0) is 20.7. The van der Waals surface area contributed by atoms with Gasteiger partial charge in [-0.15, -0.1) is 0 Å². The third kappa shape index (κ3) is 6.25. The van der Waals surface area contributed by atoms with E-state index in [9.17, 15) is 14.4 Å². The molecular weight excluding hydrogens is 401 g/mol. The molecule has 2 aromatic carbocycles. The van der Waals surface area contributed by atoms with Crippen molar-refractivity contribution in [2.45, 2.75) is 19.4 Å². The van der Waals surface area contributed by atoms with Crippen LogP contribution >= 0.6 is 23.2 Å². The third-order valence-electron chi connectivity index (χ3n) is 3.93. The van der Waals surface area contributed by atoms with Gasteiger partial charge >= 0.3 is 0 Å². The summed E-state index contributed by atoms with van der Waals surface area (Å²) in [6, 6.07) is 13.2. The first-order chi connectivity index (χ1) is 13.3. The molecule has 0 aliphatic carbocycles. The molecule has 0 aliphatic heterocycles. The van der Waals surface area contributed by atoms with Crippen molar-refractivity contribution in [2.24, 2.45) is 0 Å². The highest BCUT2D eigenvalue weighted by molar-refractivity contribution is 6.39. The average molecular weight is 422 g/mol. The number of likely N-dealkylation sites (N-methyl/N-ethyl adjacent to an activating group) is 1. The zero-order valence-corrected chi connectivity index (χ0v) is 17.1. The van der Waals surface area contributed by atoms with Crippen molar-refractivity contribution >= 4 is 46.6 Å². The molecule has 28 heavy (non-hydrogen) atoms. The number of carbonyl (C=O) groups excluding carboxylic acids is 3. The maximum absolute atomic E-state index is 12.3. The van der Waals surface area contributed by atoms with E-state index in [-0.39, 0.29) is 30.8 Å². The fraction of sp³-hybridized carbons (Fsp3) is 0.250. The van der Waals surface area contributed by atoms with Crippen molar-refractivity contribution in [3.05, 3.63) is 64.1 Å². The minimum absolute atomic E-state index is 0.0647. The average Bonchev–Trinajstić information content (AvgIpc) is 2.65. The van der Waals surface area contributed by atoms with Crippen LogP contribution in [-0.4, -0.2) is 42.3 Å². The van der Waals surface area contributed by atoms with Crippen LogP contribution in [0.25, 0.3) is 0 Å². The highest BCUT2D eigenvalue weighted by Gasteiger charge is 2.19. The molecule has 0 spiro atoms. The molecule has 2 rings (SSSR count). The molecule has 3 amide bonds. The highest BCUT2D eigenvalue weighted by Crippen LogP contribution is 2.29. The number of nitrogens with zero attached hydrogens (tertiary/aromatic N) is 1. The number of nitrogens with one attached hydrogen (secondary N) is 2. The van der Waals surface area contributed by atoms with Gasteiger partial charge in [-0.25, -0.2) is 0 Å². The summed E-state index contributed by atoms with van der Waals surface area (Å²) >= 11 is 12.0. The van der Waals surface area contributed by atoms with Gasteiger partial charge in [-0.1, -0.05) is 47.5 Å². The Morgan fingerprint density at radius 3 is 2.21 bits per heavy atom. The van der Waals surface area contributed by atoms with E-state index < -0.39 is 5.91 Å². The van der Waals surface area contributed by atoms with E-state index in [1.807, 2.05) is 6.07 Å². The number of amides is 3. The van der Waals surface area contributed by atoms with E-state index in [2.05, 4.69) is 10.6 Å². The van der Waals surface area contributed by atoms with Crippen LogP contribution in [0.5, 0.6) is 0 Å². The van der Waals surface area contributed by atoms with Crippen molar-refractivity contribution in [3.8, 4) is 0 Å². The number of para-hydroxylation sites is 1. The fourth-order valence-electron chi connectivity index (χ4n) is 2.47. The Balaban J connectivity index is 1.84. The van der Waals surface area contributed by atoms with Gasteiger partial charge in [-0.05, 0) is 31.2 Å². The molecule has 6 nitrogen and oxygen atoms in total. The van der Waals surface area contributed by atoms with Gasteiger partial charge in [0.1, 0.15) is 0 Å². The quantitative estimate of drug-likeness (QED) is 0.716. The smallest absolute Gasteiger partial charge is 0.251 e. The molecule has 2 aromatic rings. The lowest BCUT2D eigenvalue weighted by Gasteiger charge is -2.20. The molecule has 8 heteroatoms. The maximum Gasteiger partial charge on any atom is 0.251 e. The van der Waals surface area contributed by atoms with Gasteiger partial charge in [0.05, 0.1) is 22.3 Å². The molecular formula is C20H21Cl2N3O3. The van der Waals surface area contributed by atoms with Gasteiger partial charge < -0.3 is 15.5 Å². The van der Waals surface area contributed by atoms with Gasteiger partial charge in [-0.2, -0.15) is 0 Å². The second-order valence-corrected chi connectivity index (χ2v) is 7.15. The van der Waals surface area contributed by atoms with Crippen LogP contribution in [0.3, 0.4) is 0 Å². The number of rotatable bonds is 7. The molecule has 0 heterocycles. The summed E-state index contributed by atoms with van der Waals surface area (Å²) in [4.78, 5) is 37.9. The first-order valence-corrected chi connectivity index (χ1v) is 9.37. The van der Waals surface area contributed by atoms with Crippen molar-refractivity contribution < 1.29 is 14.4 Å². The van der Waals surface area contributed by atoms with Gasteiger partial charge in [0, 0.05) is 25.1 Å². The van der Waals surface area contributed by atoms with E-state index in [0.29, 0.717) is 21.3 Å². The normalized spacial score (nSPS) is 11.4. The summed E-state index contributed by atoms with van der Waals surface area (Å²) in [5.41, 5.74) is 0.825. The van der Waals surface area contributed by atoms with Crippen molar-refractivity contribution in [1.29, 1.82) is 0 Å². The van der Waals surface area contributed by atoms with Gasteiger partial charge in [-0.3, -0.25) is 14.4 Å². The molecule has 0 saturated carbocycles.